The Morgan fingerprint density at radius 2 is 1.93 bits per heavy atom. The van der Waals surface area contributed by atoms with Crippen molar-refractivity contribution in [3.8, 4) is 0 Å². The molecule has 0 radical (unpaired) electrons. The first-order chi connectivity index (χ1) is 14.3. The number of sulfonamides is 1. The van der Waals surface area contributed by atoms with Crippen molar-refractivity contribution in [1.29, 1.82) is 0 Å². The van der Waals surface area contributed by atoms with Crippen LogP contribution in [-0.4, -0.2) is 26.7 Å². The maximum absolute atomic E-state index is 14.0. The number of nitrogens with zero attached hydrogens (tertiary/aromatic N) is 2. The van der Waals surface area contributed by atoms with Crippen LogP contribution < -0.4 is 10.2 Å². The van der Waals surface area contributed by atoms with Crippen molar-refractivity contribution in [1.82, 2.24) is 5.32 Å². The van der Waals surface area contributed by atoms with Crippen LogP contribution in [0.3, 0.4) is 0 Å². The van der Waals surface area contributed by atoms with Crippen molar-refractivity contribution < 1.29 is 22.0 Å². The predicted octanol–water partition coefficient (Wildman–Crippen LogP) is 3.94. The third-order valence-corrected chi connectivity index (χ3v) is 6.72. The molecule has 0 bridgehead atoms. The van der Waals surface area contributed by atoms with Crippen LogP contribution in [0.25, 0.3) is 0 Å². The Morgan fingerprint density at radius 1 is 1.13 bits per heavy atom. The van der Waals surface area contributed by atoms with Crippen LogP contribution in [0.4, 0.5) is 14.5 Å². The third kappa shape index (κ3) is 3.81. The van der Waals surface area contributed by atoms with E-state index in [0.717, 1.165) is 31.4 Å². The van der Waals surface area contributed by atoms with E-state index in [4.69, 9.17) is 0 Å². The maximum atomic E-state index is 14.0. The number of halogens is 2. The van der Waals surface area contributed by atoms with Crippen molar-refractivity contribution in [3.05, 3.63) is 59.2 Å². The monoisotopic (exact) mass is 433 g/mol. The zero-order valence-corrected chi connectivity index (χ0v) is 17.2. The molecule has 1 fully saturated rings. The van der Waals surface area contributed by atoms with Gasteiger partial charge in [-0.05, 0) is 44.0 Å². The fraction of sp³-hybridized carbons (Fsp3) is 0.333. The molecule has 1 amide bonds. The minimum atomic E-state index is -3.91. The second kappa shape index (κ2) is 7.79. The van der Waals surface area contributed by atoms with Gasteiger partial charge in [-0.25, -0.2) is 8.78 Å². The molecule has 2 aromatic carbocycles. The molecule has 1 saturated heterocycles. The normalized spacial score (nSPS) is 18.5. The predicted molar refractivity (Wildman–Crippen MR) is 109 cm³/mol. The number of carbonyl (C=O) groups is 1. The summed E-state index contributed by atoms with van der Waals surface area (Å²) in [7, 11) is -3.91. The van der Waals surface area contributed by atoms with Crippen molar-refractivity contribution in [3.63, 3.8) is 0 Å². The molecule has 2 aliphatic rings. The number of nitrogens with one attached hydrogen (secondary N) is 1. The van der Waals surface area contributed by atoms with E-state index >= 15 is 0 Å². The van der Waals surface area contributed by atoms with E-state index in [1.807, 2.05) is 4.90 Å². The van der Waals surface area contributed by atoms with Gasteiger partial charge in [0.05, 0.1) is 11.7 Å². The lowest BCUT2D eigenvalue weighted by Gasteiger charge is -2.29. The average Bonchev–Trinajstić information content (AvgIpc) is 2.92. The number of rotatable bonds is 3. The first kappa shape index (κ1) is 20.5. The van der Waals surface area contributed by atoms with Gasteiger partial charge in [0, 0.05) is 30.2 Å². The minimum Gasteiger partial charge on any atom is -0.345 e. The Morgan fingerprint density at radius 3 is 2.70 bits per heavy atom. The van der Waals surface area contributed by atoms with E-state index in [1.165, 1.54) is 12.1 Å². The number of amides is 1. The first-order valence-corrected chi connectivity index (χ1v) is 11.2. The zero-order valence-electron chi connectivity index (χ0n) is 16.4. The van der Waals surface area contributed by atoms with Crippen LogP contribution in [0.5, 0.6) is 0 Å². The number of hydrogen-bond acceptors (Lipinski definition) is 4. The molecule has 0 saturated carbocycles. The van der Waals surface area contributed by atoms with E-state index in [1.54, 1.807) is 19.1 Å². The number of carbonyl (C=O) groups excluding carboxylic acids is 1. The molecular weight excluding hydrogens is 412 g/mol. The SMILES string of the molecule is CC(NC(=O)c1ccc2c(c1)S(=O)(=O)N=C1CCCCCN12)c1ccc(F)cc1F. The minimum absolute atomic E-state index is 0.0126. The molecular formula is C21H21F2N3O3S. The molecule has 158 valence electrons. The molecule has 0 aliphatic carbocycles. The van der Waals surface area contributed by atoms with Gasteiger partial charge < -0.3 is 10.2 Å². The molecule has 2 aliphatic heterocycles. The van der Waals surface area contributed by atoms with Crippen LogP contribution >= 0.6 is 0 Å². The molecule has 4 rings (SSSR count). The van der Waals surface area contributed by atoms with Crippen LogP contribution in [0.1, 0.15) is 54.6 Å². The number of anilines is 1. The maximum Gasteiger partial charge on any atom is 0.286 e. The van der Waals surface area contributed by atoms with Crippen LogP contribution in [0.2, 0.25) is 0 Å². The average molecular weight is 433 g/mol. The van der Waals surface area contributed by atoms with Gasteiger partial charge >= 0.3 is 0 Å². The van der Waals surface area contributed by atoms with Gasteiger partial charge in [0.25, 0.3) is 15.9 Å². The summed E-state index contributed by atoms with van der Waals surface area (Å²) in [6.45, 7) is 2.24. The quantitative estimate of drug-likeness (QED) is 0.795. The second-order valence-electron chi connectivity index (χ2n) is 7.49. The highest BCUT2D eigenvalue weighted by atomic mass is 32.2. The number of fused-ring (bicyclic) bond motifs is 3. The Hall–Kier alpha value is -2.81. The first-order valence-electron chi connectivity index (χ1n) is 9.77. The summed E-state index contributed by atoms with van der Waals surface area (Å²) in [5.41, 5.74) is 0.783. The van der Waals surface area contributed by atoms with E-state index < -0.39 is 33.6 Å². The topological polar surface area (TPSA) is 78.8 Å². The number of benzene rings is 2. The molecule has 1 unspecified atom stereocenters. The fourth-order valence-corrected chi connectivity index (χ4v) is 5.12. The zero-order chi connectivity index (χ0) is 21.5. The second-order valence-corrected chi connectivity index (χ2v) is 9.06. The van der Waals surface area contributed by atoms with Crippen LogP contribution in [-0.2, 0) is 10.0 Å². The van der Waals surface area contributed by atoms with Gasteiger partial charge in [-0.1, -0.05) is 12.5 Å². The van der Waals surface area contributed by atoms with Gasteiger partial charge in [0.2, 0.25) is 0 Å². The molecule has 6 nitrogen and oxygen atoms in total. The van der Waals surface area contributed by atoms with Gasteiger partial charge in [0.15, 0.2) is 0 Å². The molecule has 2 heterocycles. The summed E-state index contributed by atoms with van der Waals surface area (Å²) in [4.78, 5) is 14.6. The Balaban J connectivity index is 1.62. The molecule has 9 heteroatoms. The van der Waals surface area contributed by atoms with Gasteiger partial charge in [-0.3, -0.25) is 4.79 Å². The van der Waals surface area contributed by atoms with Gasteiger partial charge in [-0.15, -0.1) is 4.40 Å². The highest BCUT2D eigenvalue weighted by Gasteiger charge is 2.32. The lowest BCUT2D eigenvalue weighted by Crippen LogP contribution is -2.35. The molecule has 1 N–H and O–H groups in total. The molecule has 1 atom stereocenters. The van der Waals surface area contributed by atoms with E-state index in [0.29, 0.717) is 24.5 Å². The Kier molecular flexibility index (Phi) is 5.31. The summed E-state index contributed by atoms with van der Waals surface area (Å²) < 4.78 is 56.5. The molecule has 0 aromatic heterocycles. The Bertz CT molecular complexity index is 1150. The lowest BCUT2D eigenvalue weighted by molar-refractivity contribution is 0.0939. The standard InChI is InChI=1S/C21H21F2N3O3S/c1-13(16-8-7-15(22)12-17(16)23)24-21(27)14-6-9-18-19(11-14)30(28,29)25-20-5-3-2-4-10-26(18)20/h6-9,11-13H,2-5,10H2,1H3,(H,24,27). The van der Waals surface area contributed by atoms with Crippen molar-refractivity contribution in [2.24, 2.45) is 4.40 Å². The van der Waals surface area contributed by atoms with E-state index in [2.05, 4.69) is 9.71 Å². The summed E-state index contributed by atoms with van der Waals surface area (Å²) in [6, 6.07) is 6.86. The van der Waals surface area contributed by atoms with E-state index in [-0.39, 0.29) is 16.0 Å². The van der Waals surface area contributed by atoms with Crippen LogP contribution in [0, 0.1) is 11.6 Å². The van der Waals surface area contributed by atoms with Gasteiger partial charge in [-0.2, -0.15) is 8.42 Å². The number of hydrogen-bond donors (Lipinski definition) is 1. The summed E-state index contributed by atoms with van der Waals surface area (Å²) in [6.07, 6.45) is 3.42. The lowest BCUT2D eigenvalue weighted by atomic mass is 10.1. The molecule has 0 spiro atoms. The molecule has 2 aromatic rings. The highest BCUT2D eigenvalue weighted by molar-refractivity contribution is 7.90. The number of amidine groups is 1. The van der Waals surface area contributed by atoms with Crippen molar-refractivity contribution in [2.75, 3.05) is 11.4 Å². The Labute approximate surface area is 173 Å². The smallest absolute Gasteiger partial charge is 0.286 e. The van der Waals surface area contributed by atoms with Crippen molar-refractivity contribution in [2.45, 2.75) is 43.5 Å². The van der Waals surface area contributed by atoms with Gasteiger partial charge in [0.1, 0.15) is 22.4 Å². The summed E-state index contributed by atoms with van der Waals surface area (Å²) in [5.74, 6) is -1.49. The molecule has 30 heavy (non-hydrogen) atoms. The third-order valence-electron chi connectivity index (χ3n) is 5.39. The summed E-state index contributed by atoms with van der Waals surface area (Å²) >= 11 is 0. The highest BCUT2D eigenvalue weighted by Crippen LogP contribution is 2.35. The summed E-state index contributed by atoms with van der Waals surface area (Å²) in [5, 5.41) is 2.63. The van der Waals surface area contributed by atoms with E-state index in [9.17, 15) is 22.0 Å². The van der Waals surface area contributed by atoms with Crippen molar-refractivity contribution >= 4 is 27.5 Å². The van der Waals surface area contributed by atoms with Crippen LogP contribution in [0.15, 0.2) is 45.7 Å². The fourth-order valence-electron chi connectivity index (χ4n) is 3.83. The largest absolute Gasteiger partial charge is 0.345 e.